The van der Waals surface area contributed by atoms with Crippen LogP contribution in [0.4, 0.5) is 10.1 Å². The van der Waals surface area contributed by atoms with Crippen LogP contribution in [0.2, 0.25) is 0 Å². The van der Waals surface area contributed by atoms with Crippen LogP contribution in [0.25, 0.3) is 11.4 Å². The second-order valence-corrected chi connectivity index (χ2v) is 5.58. The maximum Gasteiger partial charge on any atom is 0.258 e. The summed E-state index contributed by atoms with van der Waals surface area (Å²) in [5.41, 5.74) is 3.71. The van der Waals surface area contributed by atoms with Crippen molar-refractivity contribution in [3.8, 4) is 11.4 Å². The van der Waals surface area contributed by atoms with Crippen molar-refractivity contribution in [1.29, 1.82) is 0 Å². The highest BCUT2D eigenvalue weighted by Crippen LogP contribution is 2.18. The summed E-state index contributed by atoms with van der Waals surface area (Å²) in [7, 11) is 0. The molecule has 0 atom stereocenters. The van der Waals surface area contributed by atoms with Crippen LogP contribution in [0.15, 0.2) is 54.9 Å². The van der Waals surface area contributed by atoms with Crippen molar-refractivity contribution in [3.63, 3.8) is 0 Å². The van der Waals surface area contributed by atoms with Crippen molar-refractivity contribution in [2.45, 2.75) is 13.8 Å². The molecule has 1 heterocycles. The number of carbonyl (C=O) groups is 1. The fourth-order valence-electron chi connectivity index (χ4n) is 2.29. The first-order chi connectivity index (χ1) is 11.5. The lowest BCUT2D eigenvalue weighted by Crippen LogP contribution is -2.13. The van der Waals surface area contributed by atoms with Crippen LogP contribution < -0.4 is 5.32 Å². The zero-order chi connectivity index (χ0) is 17.1. The Morgan fingerprint density at radius 3 is 2.50 bits per heavy atom. The van der Waals surface area contributed by atoms with E-state index in [1.807, 2.05) is 32.0 Å². The molecule has 0 aliphatic heterocycles. The minimum Gasteiger partial charge on any atom is -0.322 e. The first-order valence-corrected chi connectivity index (χ1v) is 7.49. The van der Waals surface area contributed by atoms with Gasteiger partial charge in [0.25, 0.3) is 5.91 Å². The number of halogens is 1. The molecule has 5 heteroatoms. The van der Waals surface area contributed by atoms with Crippen LogP contribution in [0, 0.1) is 19.7 Å². The zero-order valence-corrected chi connectivity index (χ0v) is 13.4. The molecule has 0 spiro atoms. The molecule has 1 aromatic heterocycles. The van der Waals surface area contributed by atoms with E-state index in [1.165, 1.54) is 24.5 Å². The third-order valence-electron chi connectivity index (χ3n) is 3.64. The van der Waals surface area contributed by atoms with Gasteiger partial charge in [-0.2, -0.15) is 0 Å². The van der Waals surface area contributed by atoms with Crippen molar-refractivity contribution < 1.29 is 9.18 Å². The van der Waals surface area contributed by atoms with E-state index < -0.39 is 0 Å². The smallest absolute Gasteiger partial charge is 0.258 e. The molecule has 0 bridgehead atoms. The Hall–Kier alpha value is -3.08. The number of anilines is 1. The zero-order valence-electron chi connectivity index (χ0n) is 13.4. The molecule has 0 radical (unpaired) electrons. The number of carbonyl (C=O) groups excluding carboxylic acids is 1. The third-order valence-corrected chi connectivity index (χ3v) is 3.64. The molecule has 0 saturated carbocycles. The Bertz CT molecular complexity index is 891. The third kappa shape index (κ3) is 3.46. The van der Waals surface area contributed by atoms with Crippen molar-refractivity contribution >= 4 is 11.6 Å². The SMILES string of the molecule is Cc1ccc(C)c(NC(=O)c2cnc(-c3cccc(F)c3)nc2)c1. The fraction of sp³-hybridized carbons (Fsp3) is 0.105. The van der Waals surface area contributed by atoms with Gasteiger partial charge in [0.15, 0.2) is 5.82 Å². The number of amides is 1. The van der Waals surface area contributed by atoms with E-state index in [9.17, 15) is 9.18 Å². The summed E-state index contributed by atoms with van der Waals surface area (Å²) in [6.07, 6.45) is 2.88. The molecular formula is C19H16FN3O. The number of benzene rings is 2. The number of nitrogens with one attached hydrogen (secondary N) is 1. The van der Waals surface area contributed by atoms with Gasteiger partial charge in [-0.25, -0.2) is 14.4 Å². The fourth-order valence-corrected chi connectivity index (χ4v) is 2.29. The van der Waals surface area contributed by atoms with Crippen LogP contribution in [-0.4, -0.2) is 15.9 Å². The number of aromatic nitrogens is 2. The van der Waals surface area contributed by atoms with Gasteiger partial charge in [-0.3, -0.25) is 4.79 Å². The monoisotopic (exact) mass is 321 g/mol. The van der Waals surface area contributed by atoms with Gasteiger partial charge in [0, 0.05) is 23.6 Å². The standard InChI is InChI=1S/C19H16FN3O/c1-12-6-7-13(2)17(8-12)23-19(24)15-10-21-18(22-11-15)14-4-3-5-16(20)9-14/h3-11H,1-2H3,(H,23,24). The van der Waals surface area contributed by atoms with Gasteiger partial charge in [0.05, 0.1) is 5.56 Å². The summed E-state index contributed by atoms with van der Waals surface area (Å²) in [5.74, 6) is -0.264. The lowest BCUT2D eigenvalue weighted by atomic mass is 10.1. The van der Waals surface area contributed by atoms with E-state index in [4.69, 9.17) is 0 Å². The van der Waals surface area contributed by atoms with Crippen LogP contribution in [-0.2, 0) is 0 Å². The van der Waals surface area contributed by atoms with E-state index in [0.29, 0.717) is 17.0 Å². The van der Waals surface area contributed by atoms with Crippen molar-refractivity contribution in [2.75, 3.05) is 5.32 Å². The number of aryl methyl sites for hydroxylation is 2. The van der Waals surface area contributed by atoms with Gasteiger partial charge >= 0.3 is 0 Å². The van der Waals surface area contributed by atoms with Crippen molar-refractivity contribution in [3.05, 3.63) is 77.4 Å². The van der Waals surface area contributed by atoms with Gasteiger partial charge in [0.2, 0.25) is 0 Å². The Balaban J connectivity index is 1.80. The molecule has 1 N–H and O–H groups in total. The van der Waals surface area contributed by atoms with Crippen LogP contribution >= 0.6 is 0 Å². The average Bonchev–Trinajstić information content (AvgIpc) is 2.58. The highest BCUT2D eigenvalue weighted by molar-refractivity contribution is 6.04. The van der Waals surface area contributed by atoms with Crippen molar-refractivity contribution in [1.82, 2.24) is 9.97 Å². The largest absolute Gasteiger partial charge is 0.322 e. The predicted octanol–water partition coefficient (Wildman–Crippen LogP) is 4.15. The molecule has 0 unspecified atom stereocenters. The summed E-state index contributed by atoms with van der Waals surface area (Å²) in [5, 5.41) is 2.86. The summed E-state index contributed by atoms with van der Waals surface area (Å²) in [4.78, 5) is 20.6. The Morgan fingerprint density at radius 1 is 1.04 bits per heavy atom. The van der Waals surface area contributed by atoms with Gasteiger partial charge in [-0.05, 0) is 43.2 Å². The van der Waals surface area contributed by atoms with Gasteiger partial charge in [0.1, 0.15) is 5.82 Å². The lowest BCUT2D eigenvalue weighted by Gasteiger charge is -2.09. The highest BCUT2D eigenvalue weighted by atomic mass is 19.1. The normalized spacial score (nSPS) is 10.5. The predicted molar refractivity (Wildman–Crippen MR) is 91.3 cm³/mol. The molecule has 120 valence electrons. The molecule has 4 nitrogen and oxygen atoms in total. The topological polar surface area (TPSA) is 54.9 Å². The average molecular weight is 321 g/mol. The Morgan fingerprint density at radius 2 is 1.79 bits per heavy atom. The van der Waals surface area contributed by atoms with Gasteiger partial charge in [-0.15, -0.1) is 0 Å². The van der Waals surface area contributed by atoms with Crippen LogP contribution in [0.5, 0.6) is 0 Å². The van der Waals surface area contributed by atoms with E-state index in [1.54, 1.807) is 12.1 Å². The molecule has 24 heavy (non-hydrogen) atoms. The molecule has 1 amide bonds. The van der Waals surface area contributed by atoms with Crippen LogP contribution in [0.1, 0.15) is 21.5 Å². The van der Waals surface area contributed by atoms with E-state index in [0.717, 1.165) is 16.8 Å². The minimum atomic E-state index is -0.354. The second kappa shape index (κ2) is 6.58. The highest BCUT2D eigenvalue weighted by Gasteiger charge is 2.10. The minimum absolute atomic E-state index is 0.283. The molecule has 3 rings (SSSR count). The van der Waals surface area contributed by atoms with Gasteiger partial charge in [-0.1, -0.05) is 24.3 Å². The number of rotatable bonds is 3. The summed E-state index contributed by atoms with van der Waals surface area (Å²) < 4.78 is 13.3. The van der Waals surface area contributed by atoms with E-state index >= 15 is 0 Å². The molecule has 0 aliphatic carbocycles. The molecule has 0 fully saturated rings. The molecular weight excluding hydrogens is 305 g/mol. The molecule has 3 aromatic rings. The van der Waals surface area contributed by atoms with Crippen molar-refractivity contribution in [2.24, 2.45) is 0 Å². The Labute approximate surface area is 139 Å². The quantitative estimate of drug-likeness (QED) is 0.788. The van der Waals surface area contributed by atoms with Crippen LogP contribution in [0.3, 0.4) is 0 Å². The van der Waals surface area contributed by atoms with E-state index in [2.05, 4.69) is 15.3 Å². The summed E-state index contributed by atoms with van der Waals surface area (Å²) in [6.45, 7) is 3.89. The molecule has 2 aromatic carbocycles. The van der Waals surface area contributed by atoms with E-state index in [-0.39, 0.29) is 11.7 Å². The Kier molecular flexibility index (Phi) is 4.33. The number of hydrogen-bond acceptors (Lipinski definition) is 3. The summed E-state index contributed by atoms with van der Waals surface area (Å²) in [6, 6.07) is 11.9. The molecule has 0 aliphatic rings. The number of hydrogen-bond donors (Lipinski definition) is 1. The lowest BCUT2D eigenvalue weighted by molar-refractivity contribution is 0.102. The second-order valence-electron chi connectivity index (χ2n) is 5.58. The first kappa shape index (κ1) is 15.8. The number of nitrogens with zero attached hydrogens (tertiary/aromatic N) is 2. The maximum atomic E-state index is 13.3. The van der Waals surface area contributed by atoms with Gasteiger partial charge < -0.3 is 5.32 Å². The first-order valence-electron chi connectivity index (χ1n) is 7.49. The molecule has 0 saturated heterocycles. The maximum absolute atomic E-state index is 13.3. The summed E-state index contributed by atoms with van der Waals surface area (Å²) >= 11 is 0.